The van der Waals surface area contributed by atoms with E-state index in [1.54, 1.807) is 0 Å². The van der Waals surface area contributed by atoms with Crippen LogP contribution in [0.5, 0.6) is 0 Å². The highest BCUT2D eigenvalue weighted by molar-refractivity contribution is 5.92. The molecule has 0 radical (unpaired) electrons. The van der Waals surface area contributed by atoms with Crippen molar-refractivity contribution in [3.8, 4) is 0 Å². The highest BCUT2D eigenvalue weighted by Crippen LogP contribution is 2.19. The molecule has 1 fully saturated rings. The van der Waals surface area contributed by atoms with Crippen molar-refractivity contribution in [3.05, 3.63) is 29.8 Å². The third-order valence-corrected chi connectivity index (χ3v) is 3.54. The van der Waals surface area contributed by atoms with Crippen LogP contribution >= 0.6 is 0 Å². The molecule has 2 rings (SSSR count). The highest BCUT2D eigenvalue weighted by atomic mass is 16.2. The molecule has 0 bridgehead atoms. The van der Waals surface area contributed by atoms with Crippen molar-refractivity contribution in [2.45, 2.75) is 26.2 Å². The normalized spacial score (nSPS) is 14.7. The van der Waals surface area contributed by atoms with E-state index < -0.39 is 0 Å². The molecule has 4 heteroatoms. The first-order valence-corrected chi connectivity index (χ1v) is 7.05. The summed E-state index contributed by atoms with van der Waals surface area (Å²) in [6.07, 6.45) is 3.06. The molecule has 0 unspecified atom stereocenters. The molecule has 1 aromatic rings. The number of amides is 2. The largest absolute Gasteiger partial charge is 0.330 e. The number of hydrogen-bond acceptors (Lipinski definition) is 2. The van der Waals surface area contributed by atoms with Crippen molar-refractivity contribution in [1.82, 2.24) is 4.90 Å². The molecular formula is C15H23N3O. The van der Waals surface area contributed by atoms with E-state index in [9.17, 15) is 4.79 Å². The van der Waals surface area contributed by atoms with E-state index in [1.807, 2.05) is 34.1 Å². The lowest BCUT2D eigenvalue weighted by atomic mass is 10.2. The molecule has 0 aromatic heterocycles. The highest BCUT2D eigenvalue weighted by Gasteiger charge is 2.24. The zero-order valence-corrected chi connectivity index (χ0v) is 11.6. The number of urea groups is 1. The number of benzene rings is 1. The number of nitrogens with two attached hydrogens (primary N) is 1. The van der Waals surface area contributed by atoms with E-state index in [0.29, 0.717) is 13.1 Å². The van der Waals surface area contributed by atoms with Crippen LogP contribution in [0.15, 0.2) is 24.3 Å². The predicted molar refractivity (Wildman–Crippen MR) is 78.4 cm³/mol. The second-order valence-electron chi connectivity index (χ2n) is 5.11. The summed E-state index contributed by atoms with van der Waals surface area (Å²) in [5, 5.41) is 0. The minimum absolute atomic E-state index is 0.120. The number of nitrogens with zero attached hydrogens (tertiary/aromatic N) is 2. The molecule has 2 amide bonds. The van der Waals surface area contributed by atoms with Gasteiger partial charge < -0.3 is 10.6 Å². The van der Waals surface area contributed by atoms with E-state index in [4.69, 9.17) is 5.73 Å². The summed E-state index contributed by atoms with van der Waals surface area (Å²) in [6, 6.07) is 8.23. The van der Waals surface area contributed by atoms with Crippen molar-refractivity contribution in [1.29, 1.82) is 0 Å². The zero-order chi connectivity index (χ0) is 13.7. The van der Waals surface area contributed by atoms with Crippen LogP contribution in [-0.2, 0) is 0 Å². The Morgan fingerprint density at radius 2 is 1.89 bits per heavy atom. The van der Waals surface area contributed by atoms with Gasteiger partial charge in [-0.05, 0) is 44.9 Å². The number of aryl methyl sites for hydroxylation is 1. The van der Waals surface area contributed by atoms with Gasteiger partial charge in [0, 0.05) is 25.3 Å². The molecule has 1 aliphatic rings. The van der Waals surface area contributed by atoms with E-state index in [-0.39, 0.29) is 6.03 Å². The standard InChI is InChI=1S/C15H23N3O/c1-13-5-7-14(8-6-13)18(12-4-9-16)15(19)17-10-2-3-11-17/h5-8H,2-4,9-12,16H2,1H3. The van der Waals surface area contributed by atoms with Crippen molar-refractivity contribution in [2.24, 2.45) is 5.73 Å². The fourth-order valence-electron chi connectivity index (χ4n) is 2.39. The quantitative estimate of drug-likeness (QED) is 0.904. The molecule has 1 aliphatic heterocycles. The van der Waals surface area contributed by atoms with Crippen LogP contribution in [0.3, 0.4) is 0 Å². The summed E-state index contributed by atoms with van der Waals surface area (Å²) < 4.78 is 0. The van der Waals surface area contributed by atoms with Gasteiger partial charge in [-0.15, -0.1) is 0 Å². The van der Waals surface area contributed by atoms with Crippen LogP contribution in [0.25, 0.3) is 0 Å². The number of carbonyl (C=O) groups is 1. The average molecular weight is 261 g/mol. The van der Waals surface area contributed by atoms with Gasteiger partial charge in [-0.3, -0.25) is 4.90 Å². The fraction of sp³-hybridized carbons (Fsp3) is 0.533. The van der Waals surface area contributed by atoms with Gasteiger partial charge in [-0.25, -0.2) is 4.79 Å². The molecular weight excluding hydrogens is 238 g/mol. The number of likely N-dealkylation sites (tertiary alicyclic amines) is 1. The monoisotopic (exact) mass is 261 g/mol. The van der Waals surface area contributed by atoms with E-state index in [2.05, 4.69) is 6.92 Å². The Morgan fingerprint density at radius 1 is 1.26 bits per heavy atom. The molecule has 1 saturated heterocycles. The van der Waals surface area contributed by atoms with Gasteiger partial charge in [0.05, 0.1) is 0 Å². The first kappa shape index (κ1) is 13.9. The van der Waals surface area contributed by atoms with Crippen LogP contribution in [0.1, 0.15) is 24.8 Å². The second-order valence-corrected chi connectivity index (χ2v) is 5.11. The Hall–Kier alpha value is -1.55. The van der Waals surface area contributed by atoms with Gasteiger partial charge in [0.1, 0.15) is 0 Å². The van der Waals surface area contributed by atoms with Gasteiger partial charge in [-0.1, -0.05) is 17.7 Å². The molecule has 0 spiro atoms. The topological polar surface area (TPSA) is 49.6 Å². The summed E-state index contributed by atoms with van der Waals surface area (Å²) in [5.74, 6) is 0. The molecule has 1 aromatic carbocycles. The van der Waals surface area contributed by atoms with Gasteiger partial charge in [0.15, 0.2) is 0 Å². The molecule has 0 atom stereocenters. The predicted octanol–water partition coefficient (Wildman–Crippen LogP) is 2.37. The second kappa shape index (κ2) is 6.57. The lowest BCUT2D eigenvalue weighted by Crippen LogP contribution is -2.42. The smallest absolute Gasteiger partial charge is 0.324 e. The Kier molecular flexibility index (Phi) is 4.80. The molecule has 1 heterocycles. The fourth-order valence-corrected chi connectivity index (χ4v) is 2.39. The maximum Gasteiger partial charge on any atom is 0.324 e. The van der Waals surface area contributed by atoms with Gasteiger partial charge in [0.2, 0.25) is 0 Å². The van der Waals surface area contributed by atoms with Crippen LogP contribution in [-0.4, -0.2) is 37.1 Å². The van der Waals surface area contributed by atoms with E-state index in [0.717, 1.165) is 38.0 Å². The molecule has 4 nitrogen and oxygen atoms in total. The summed E-state index contributed by atoms with van der Waals surface area (Å²) in [7, 11) is 0. The Bertz CT molecular complexity index is 410. The van der Waals surface area contributed by atoms with Crippen molar-refractivity contribution in [3.63, 3.8) is 0 Å². The lowest BCUT2D eigenvalue weighted by molar-refractivity contribution is 0.215. The third kappa shape index (κ3) is 3.47. The Morgan fingerprint density at radius 3 is 2.47 bits per heavy atom. The summed E-state index contributed by atoms with van der Waals surface area (Å²) in [5.41, 5.74) is 7.75. The number of rotatable bonds is 4. The number of hydrogen-bond donors (Lipinski definition) is 1. The number of carbonyl (C=O) groups excluding carboxylic acids is 1. The van der Waals surface area contributed by atoms with Gasteiger partial charge in [0.25, 0.3) is 0 Å². The lowest BCUT2D eigenvalue weighted by Gasteiger charge is -2.28. The Labute approximate surface area is 115 Å². The van der Waals surface area contributed by atoms with E-state index >= 15 is 0 Å². The maximum absolute atomic E-state index is 12.5. The minimum atomic E-state index is 0.120. The molecule has 0 aliphatic carbocycles. The van der Waals surface area contributed by atoms with Crippen LogP contribution in [0.2, 0.25) is 0 Å². The molecule has 0 saturated carbocycles. The molecule has 104 valence electrons. The number of anilines is 1. The first-order valence-electron chi connectivity index (χ1n) is 7.05. The van der Waals surface area contributed by atoms with Crippen LogP contribution in [0, 0.1) is 6.92 Å². The summed E-state index contributed by atoms with van der Waals surface area (Å²) >= 11 is 0. The molecule has 2 N–H and O–H groups in total. The van der Waals surface area contributed by atoms with Crippen molar-refractivity contribution in [2.75, 3.05) is 31.1 Å². The third-order valence-electron chi connectivity index (χ3n) is 3.54. The Balaban J connectivity index is 2.14. The summed E-state index contributed by atoms with van der Waals surface area (Å²) in [4.78, 5) is 16.3. The SMILES string of the molecule is Cc1ccc(N(CCCN)C(=O)N2CCCC2)cc1. The van der Waals surface area contributed by atoms with Crippen molar-refractivity contribution < 1.29 is 4.79 Å². The van der Waals surface area contributed by atoms with Crippen LogP contribution in [0.4, 0.5) is 10.5 Å². The zero-order valence-electron chi connectivity index (χ0n) is 11.6. The average Bonchev–Trinajstić information content (AvgIpc) is 2.95. The molecule has 19 heavy (non-hydrogen) atoms. The maximum atomic E-state index is 12.5. The van der Waals surface area contributed by atoms with Crippen LogP contribution < -0.4 is 10.6 Å². The minimum Gasteiger partial charge on any atom is -0.330 e. The van der Waals surface area contributed by atoms with Gasteiger partial charge in [-0.2, -0.15) is 0 Å². The van der Waals surface area contributed by atoms with Crippen molar-refractivity contribution >= 4 is 11.7 Å². The first-order chi connectivity index (χ1) is 9.22. The summed E-state index contributed by atoms with van der Waals surface area (Å²) in [6.45, 7) is 5.11. The van der Waals surface area contributed by atoms with E-state index in [1.165, 1.54) is 5.56 Å². The van der Waals surface area contributed by atoms with Gasteiger partial charge >= 0.3 is 6.03 Å².